The molecule has 0 spiro atoms. The lowest BCUT2D eigenvalue weighted by atomic mass is 10.1. The van der Waals surface area contributed by atoms with Crippen LogP contribution in [0.2, 0.25) is 10.0 Å². The van der Waals surface area contributed by atoms with Crippen molar-refractivity contribution >= 4 is 29.2 Å². The number of ether oxygens (including phenoxy) is 2. The zero-order chi connectivity index (χ0) is 17.1. The van der Waals surface area contributed by atoms with Crippen LogP contribution in [0.3, 0.4) is 0 Å². The summed E-state index contributed by atoms with van der Waals surface area (Å²) in [6.07, 6.45) is -0.967. The predicted molar refractivity (Wildman–Crippen MR) is 93.4 cm³/mol. The fraction of sp³-hybridized carbons (Fsp3) is 0.278. The smallest absolute Gasteiger partial charge is 0.338 e. The van der Waals surface area contributed by atoms with Crippen molar-refractivity contribution in [1.82, 2.24) is 5.32 Å². The van der Waals surface area contributed by atoms with Crippen LogP contribution in [0.15, 0.2) is 48.5 Å². The Morgan fingerprint density at radius 1 is 1.21 bits per heavy atom. The molecular weight excluding hydrogens is 349 g/mol. The van der Waals surface area contributed by atoms with Crippen LogP contribution in [0.25, 0.3) is 0 Å². The Morgan fingerprint density at radius 2 is 1.96 bits per heavy atom. The summed E-state index contributed by atoms with van der Waals surface area (Å²) in [5.74, 6) is -0.369. The van der Waals surface area contributed by atoms with Crippen LogP contribution >= 0.6 is 23.2 Å². The van der Waals surface area contributed by atoms with E-state index in [2.05, 4.69) is 5.32 Å². The summed E-state index contributed by atoms with van der Waals surface area (Å²) in [6, 6.07) is 14.3. The van der Waals surface area contributed by atoms with Gasteiger partial charge in [0.05, 0.1) is 21.7 Å². The number of halogens is 2. The van der Waals surface area contributed by atoms with Crippen molar-refractivity contribution in [3.05, 3.63) is 69.7 Å². The largest absolute Gasteiger partial charge is 0.455 e. The Labute approximate surface area is 150 Å². The number of esters is 1. The minimum absolute atomic E-state index is 0.164. The molecule has 4 nitrogen and oxygen atoms in total. The molecule has 1 N–H and O–H groups in total. The highest BCUT2D eigenvalue weighted by Gasteiger charge is 2.32. The number of hydrogen-bond donors (Lipinski definition) is 1. The van der Waals surface area contributed by atoms with E-state index >= 15 is 0 Å². The third-order valence-electron chi connectivity index (χ3n) is 3.86. The maximum absolute atomic E-state index is 12.1. The molecule has 1 heterocycles. The molecule has 0 saturated carbocycles. The maximum atomic E-state index is 12.1. The molecule has 126 valence electrons. The van der Waals surface area contributed by atoms with E-state index in [0.717, 1.165) is 5.56 Å². The average Bonchev–Trinajstić information content (AvgIpc) is 3.08. The van der Waals surface area contributed by atoms with Crippen LogP contribution in [0, 0.1) is 0 Å². The number of rotatable bonds is 4. The molecule has 1 aliphatic rings. The molecule has 3 atom stereocenters. The average molecular weight is 366 g/mol. The Kier molecular flexibility index (Phi) is 5.41. The Hall–Kier alpha value is -1.59. The normalized spacial score (nSPS) is 21.5. The highest BCUT2D eigenvalue weighted by atomic mass is 35.5. The van der Waals surface area contributed by atoms with Gasteiger partial charge in [0.15, 0.2) is 0 Å². The van der Waals surface area contributed by atoms with Crippen molar-refractivity contribution in [3.63, 3.8) is 0 Å². The second kappa shape index (κ2) is 7.53. The van der Waals surface area contributed by atoms with Gasteiger partial charge in [0.2, 0.25) is 0 Å². The second-order valence-electron chi connectivity index (χ2n) is 5.60. The van der Waals surface area contributed by atoms with Crippen LogP contribution in [0.1, 0.15) is 28.9 Å². The van der Waals surface area contributed by atoms with Gasteiger partial charge >= 0.3 is 5.97 Å². The van der Waals surface area contributed by atoms with E-state index in [1.807, 2.05) is 12.1 Å². The molecule has 0 radical (unpaired) electrons. The predicted octanol–water partition coefficient (Wildman–Crippen LogP) is 4.23. The van der Waals surface area contributed by atoms with E-state index in [0.29, 0.717) is 22.2 Å². The Bertz CT molecular complexity index is 723. The van der Waals surface area contributed by atoms with Crippen LogP contribution < -0.4 is 5.32 Å². The molecule has 0 aromatic heterocycles. The zero-order valence-corrected chi connectivity index (χ0v) is 14.6. The van der Waals surface area contributed by atoms with Gasteiger partial charge in [0.1, 0.15) is 12.3 Å². The zero-order valence-electron chi connectivity index (χ0n) is 13.0. The summed E-state index contributed by atoms with van der Waals surface area (Å²) in [4.78, 5) is 12.1. The van der Waals surface area contributed by atoms with E-state index in [-0.39, 0.29) is 18.3 Å². The Balaban J connectivity index is 1.60. The van der Waals surface area contributed by atoms with Crippen LogP contribution in [-0.2, 0) is 9.47 Å². The fourth-order valence-corrected chi connectivity index (χ4v) is 2.86. The first-order valence-electron chi connectivity index (χ1n) is 7.64. The minimum Gasteiger partial charge on any atom is -0.455 e. The summed E-state index contributed by atoms with van der Waals surface area (Å²) in [5, 5.41) is 4.22. The molecule has 0 aliphatic carbocycles. The third-order valence-corrected chi connectivity index (χ3v) is 4.60. The standard InChI is InChI=1S/C18H17Cl2NO3/c1-11(23-18(22)12-5-3-2-4-6-12)17-21-10-16(24-17)13-7-8-14(19)15(20)9-13/h2-9,11,16-17,21H,10H2,1H3. The molecule has 1 aliphatic heterocycles. The summed E-state index contributed by atoms with van der Waals surface area (Å²) < 4.78 is 11.4. The van der Waals surface area contributed by atoms with Crippen molar-refractivity contribution in [1.29, 1.82) is 0 Å². The highest BCUT2D eigenvalue weighted by molar-refractivity contribution is 6.42. The van der Waals surface area contributed by atoms with E-state index in [1.54, 1.807) is 43.3 Å². The lowest BCUT2D eigenvalue weighted by molar-refractivity contribution is -0.0490. The number of benzene rings is 2. The topological polar surface area (TPSA) is 47.6 Å². The number of hydrogen-bond acceptors (Lipinski definition) is 4. The molecule has 3 unspecified atom stereocenters. The van der Waals surface area contributed by atoms with E-state index in [1.165, 1.54) is 0 Å². The number of carbonyl (C=O) groups excluding carboxylic acids is 1. The van der Waals surface area contributed by atoms with Crippen molar-refractivity contribution in [3.8, 4) is 0 Å². The lowest BCUT2D eigenvalue weighted by Crippen LogP contribution is -2.37. The highest BCUT2D eigenvalue weighted by Crippen LogP contribution is 2.30. The van der Waals surface area contributed by atoms with Crippen molar-refractivity contribution in [2.24, 2.45) is 0 Å². The van der Waals surface area contributed by atoms with Gasteiger partial charge in [-0.05, 0) is 36.8 Å². The SMILES string of the molecule is CC(OC(=O)c1ccccc1)C1NCC(c2ccc(Cl)c(Cl)c2)O1. The van der Waals surface area contributed by atoms with Gasteiger partial charge in [-0.1, -0.05) is 47.5 Å². The molecule has 2 aromatic carbocycles. The van der Waals surface area contributed by atoms with Gasteiger partial charge in [-0.15, -0.1) is 0 Å². The molecule has 1 fully saturated rings. The molecule has 24 heavy (non-hydrogen) atoms. The van der Waals surface area contributed by atoms with Gasteiger partial charge in [0.25, 0.3) is 0 Å². The fourth-order valence-electron chi connectivity index (χ4n) is 2.55. The van der Waals surface area contributed by atoms with Gasteiger partial charge in [-0.2, -0.15) is 0 Å². The molecule has 0 amide bonds. The van der Waals surface area contributed by atoms with Crippen molar-refractivity contribution < 1.29 is 14.3 Å². The molecule has 1 saturated heterocycles. The van der Waals surface area contributed by atoms with Crippen LogP contribution in [-0.4, -0.2) is 24.8 Å². The summed E-state index contributed by atoms with van der Waals surface area (Å²) in [6.45, 7) is 2.41. The molecule has 2 aromatic rings. The van der Waals surface area contributed by atoms with E-state index in [4.69, 9.17) is 32.7 Å². The maximum Gasteiger partial charge on any atom is 0.338 e. The molecule has 3 rings (SSSR count). The van der Waals surface area contributed by atoms with Gasteiger partial charge in [-0.3, -0.25) is 5.32 Å². The van der Waals surface area contributed by atoms with Crippen LogP contribution in [0.4, 0.5) is 0 Å². The van der Waals surface area contributed by atoms with E-state index in [9.17, 15) is 4.79 Å². The molecule has 0 bridgehead atoms. The lowest BCUT2D eigenvalue weighted by Gasteiger charge is -2.20. The minimum atomic E-state index is -0.425. The first kappa shape index (κ1) is 17.2. The summed E-state index contributed by atoms with van der Waals surface area (Å²) in [5.41, 5.74) is 1.45. The van der Waals surface area contributed by atoms with E-state index < -0.39 is 6.10 Å². The summed E-state index contributed by atoms with van der Waals surface area (Å²) >= 11 is 12.0. The number of carbonyl (C=O) groups is 1. The summed E-state index contributed by atoms with van der Waals surface area (Å²) in [7, 11) is 0. The quantitative estimate of drug-likeness (QED) is 0.823. The Morgan fingerprint density at radius 3 is 2.67 bits per heavy atom. The van der Waals surface area contributed by atoms with Crippen LogP contribution in [0.5, 0.6) is 0 Å². The number of nitrogens with one attached hydrogen (secondary N) is 1. The third kappa shape index (κ3) is 3.90. The first-order valence-corrected chi connectivity index (χ1v) is 8.40. The second-order valence-corrected chi connectivity index (χ2v) is 6.42. The van der Waals surface area contributed by atoms with Crippen molar-refractivity contribution in [2.75, 3.05) is 6.54 Å². The van der Waals surface area contributed by atoms with Gasteiger partial charge < -0.3 is 9.47 Å². The molecule has 6 heteroatoms. The van der Waals surface area contributed by atoms with Gasteiger partial charge in [0, 0.05) is 6.54 Å². The van der Waals surface area contributed by atoms with Gasteiger partial charge in [-0.25, -0.2) is 4.79 Å². The monoisotopic (exact) mass is 365 g/mol. The first-order chi connectivity index (χ1) is 11.5. The van der Waals surface area contributed by atoms with Crippen molar-refractivity contribution in [2.45, 2.75) is 25.4 Å². The molecular formula is C18H17Cl2NO3.